The van der Waals surface area contributed by atoms with Crippen molar-refractivity contribution >= 4 is 0 Å². The fraction of sp³-hybridized carbons (Fsp3) is 1.00. The molecule has 0 amide bonds. The molecule has 4 saturated heterocycles. The van der Waals surface area contributed by atoms with E-state index < -0.39 is 5.79 Å². The Hall–Kier alpha value is -0.160. The Bertz CT molecular complexity index is 409. The molecule has 8 atom stereocenters. The van der Waals surface area contributed by atoms with Crippen LogP contribution in [-0.4, -0.2) is 23.8 Å². The molecular formula is C16H26O4. The molecule has 1 saturated carbocycles. The Labute approximate surface area is 121 Å². The van der Waals surface area contributed by atoms with Crippen LogP contribution in [0, 0.1) is 23.7 Å². The van der Waals surface area contributed by atoms with Crippen LogP contribution in [0.25, 0.3) is 0 Å². The molecule has 4 heterocycles. The molecule has 1 spiro atoms. The van der Waals surface area contributed by atoms with E-state index in [-0.39, 0.29) is 18.0 Å². The molecule has 4 nitrogen and oxygen atoms in total. The van der Waals surface area contributed by atoms with Gasteiger partial charge in [-0.05, 0) is 50.9 Å². The SMILES string of the molecule is CC1CCC2[C@@H](C)C(C)OC3O[C@]4(C)CCC1C32OO4. The minimum absolute atomic E-state index is 0.219. The first-order valence-electron chi connectivity index (χ1n) is 8.16. The van der Waals surface area contributed by atoms with Crippen LogP contribution >= 0.6 is 0 Å². The van der Waals surface area contributed by atoms with Crippen LogP contribution in [0.1, 0.15) is 53.4 Å². The van der Waals surface area contributed by atoms with Gasteiger partial charge in [0.25, 0.3) is 0 Å². The maximum absolute atomic E-state index is 6.23. The number of ether oxygens (including phenoxy) is 2. The predicted molar refractivity (Wildman–Crippen MR) is 72.5 cm³/mol. The van der Waals surface area contributed by atoms with Crippen LogP contribution in [0.5, 0.6) is 0 Å². The average Bonchev–Trinajstić information content (AvgIpc) is 2.63. The van der Waals surface area contributed by atoms with Crippen molar-refractivity contribution in [3.63, 3.8) is 0 Å². The molecular weight excluding hydrogens is 256 g/mol. The normalized spacial score (nSPS) is 61.8. The van der Waals surface area contributed by atoms with Crippen LogP contribution in [0.3, 0.4) is 0 Å². The third-order valence-corrected chi connectivity index (χ3v) is 6.49. The van der Waals surface area contributed by atoms with Crippen molar-refractivity contribution in [3.8, 4) is 0 Å². The largest absolute Gasteiger partial charge is 0.346 e. The first-order chi connectivity index (χ1) is 9.46. The van der Waals surface area contributed by atoms with Crippen molar-refractivity contribution in [2.24, 2.45) is 23.7 Å². The Morgan fingerprint density at radius 3 is 2.55 bits per heavy atom. The van der Waals surface area contributed by atoms with Gasteiger partial charge in [-0.25, -0.2) is 9.78 Å². The lowest BCUT2D eigenvalue weighted by Gasteiger charge is -2.60. The molecule has 114 valence electrons. The lowest BCUT2D eigenvalue weighted by molar-refractivity contribution is -0.570. The number of hydrogen-bond donors (Lipinski definition) is 0. The van der Waals surface area contributed by atoms with Crippen molar-refractivity contribution in [1.29, 1.82) is 0 Å². The van der Waals surface area contributed by atoms with Crippen molar-refractivity contribution < 1.29 is 19.2 Å². The van der Waals surface area contributed by atoms with Gasteiger partial charge >= 0.3 is 0 Å². The van der Waals surface area contributed by atoms with Crippen LogP contribution in [0.4, 0.5) is 0 Å². The van der Waals surface area contributed by atoms with Gasteiger partial charge in [-0.2, -0.15) is 0 Å². The number of rotatable bonds is 0. The summed E-state index contributed by atoms with van der Waals surface area (Å²) in [5.74, 6) is 1.44. The Balaban J connectivity index is 1.82. The summed E-state index contributed by atoms with van der Waals surface area (Å²) in [6, 6.07) is 0. The number of hydrogen-bond acceptors (Lipinski definition) is 4. The molecule has 4 aliphatic heterocycles. The summed E-state index contributed by atoms with van der Waals surface area (Å²) in [5, 5.41) is 0. The quantitative estimate of drug-likeness (QED) is 0.639. The highest BCUT2D eigenvalue weighted by Gasteiger charge is 2.68. The molecule has 0 N–H and O–H groups in total. The third-order valence-electron chi connectivity index (χ3n) is 6.49. The summed E-state index contributed by atoms with van der Waals surface area (Å²) in [6.45, 7) is 8.77. The second-order valence-corrected chi connectivity index (χ2v) is 7.61. The van der Waals surface area contributed by atoms with E-state index >= 15 is 0 Å². The van der Waals surface area contributed by atoms with Gasteiger partial charge in [0.05, 0.1) is 6.10 Å². The molecule has 0 aromatic carbocycles. The molecule has 20 heavy (non-hydrogen) atoms. The van der Waals surface area contributed by atoms with E-state index in [1.54, 1.807) is 0 Å². The molecule has 4 heteroatoms. The van der Waals surface area contributed by atoms with Crippen molar-refractivity contribution in [1.82, 2.24) is 0 Å². The van der Waals surface area contributed by atoms with Crippen molar-refractivity contribution in [2.45, 2.75) is 77.2 Å². The summed E-state index contributed by atoms with van der Waals surface area (Å²) in [7, 11) is 0. The molecule has 0 aromatic heterocycles. The van der Waals surface area contributed by atoms with Crippen LogP contribution in [0.2, 0.25) is 0 Å². The highest BCUT2D eigenvalue weighted by atomic mass is 17.3. The van der Waals surface area contributed by atoms with Gasteiger partial charge in [-0.1, -0.05) is 13.8 Å². The van der Waals surface area contributed by atoms with Crippen LogP contribution < -0.4 is 0 Å². The molecule has 5 rings (SSSR count). The molecule has 5 aliphatic rings. The Morgan fingerprint density at radius 2 is 1.75 bits per heavy atom. The zero-order chi connectivity index (χ0) is 14.1. The maximum atomic E-state index is 6.23. The first kappa shape index (κ1) is 13.5. The average molecular weight is 282 g/mol. The highest BCUT2D eigenvalue weighted by molar-refractivity contribution is 5.09. The summed E-state index contributed by atoms with van der Waals surface area (Å²) in [5.41, 5.74) is -0.389. The zero-order valence-electron chi connectivity index (χ0n) is 12.9. The zero-order valence-corrected chi connectivity index (χ0v) is 12.9. The summed E-state index contributed by atoms with van der Waals surface area (Å²) in [4.78, 5) is 11.8. The summed E-state index contributed by atoms with van der Waals surface area (Å²) >= 11 is 0. The molecule has 6 unspecified atom stereocenters. The highest BCUT2D eigenvalue weighted by Crippen LogP contribution is 2.60. The van der Waals surface area contributed by atoms with E-state index in [2.05, 4.69) is 20.8 Å². The Morgan fingerprint density at radius 1 is 0.950 bits per heavy atom. The minimum Gasteiger partial charge on any atom is -0.346 e. The van der Waals surface area contributed by atoms with Gasteiger partial charge in [-0.15, -0.1) is 0 Å². The fourth-order valence-electron chi connectivity index (χ4n) is 5.08. The molecule has 0 aromatic rings. The van der Waals surface area contributed by atoms with E-state index in [0.29, 0.717) is 23.7 Å². The van der Waals surface area contributed by atoms with Gasteiger partial charge in [0, 0.05) is 12.3 Å². The van der Waals surface area contributed by atoms with Gasteiger partial charge in [0.1, 0.15) is 0 Å². The third kappa shape index (κ3) is 1.57. The first-order valence-corrected chi connectivity index (χ1v) is 8.16. The monoisotopic (exact) mass is 282 g/mol. The van der Waals surface area contributed by atoms with Crippen LogP contribution in [-0.2, 0) is 19.2 Å². The molecule has 2 bridgehead atoms. The summed E-state index contributed by atoms with van der Waals surface area (Å²) in [6.07, 6.45) is 4.41. The molecule has 5 fully saturated rings. The topological polar surface area (TPSA) is 36.9 Å². The Kier molecular flexibility index (Phi) is 2.83. The van der Waals surface area contributed by atoms with E-state index in [0.717, 1.165) is 12.8 Å². The van der Waals surface area contributed by atoms with E-state index in [9.17, 15) is 0 Å². The van der Waals surface area contributed by atoms with Crippen molar-refractivity contribution in [3.05, 3.63) is 0 Å². The lowest BCUT2D eigenvalue weighted by Crippen LogP contribution is -2.70. The van der Waals surface area contributed by atoms with Gasteiger partial charge in [-0.3, -0.25) is 0 Å². The maximum Gasteiger partial charge on any atom is 0.201 e. The second kappa shape index (κ2) is 4.19. The van der Waals surface area contributed by atoms with Gasteiger partial charge in [0.15, 0.2) is 11.9 Å². The van der Waals surface area contributed by atoms with E-state index in [1.807, 2.05) is 6.92 Å². The molecule has 1 aliphatic carbocycles. The van der Waals surface area contributed by atoms with Gasteiger partial charge in [0.2, 0.25) is 5.79 Å². The van der Waals surface area contributed by atoms with Crippen molar-refractivity contribution in [2.75, 3.05) is 0 Å². The second-order valence-electron chi connectivity index (χ2n) is 7.61. The van der Waals surface area contributed by atoms with E-state index in [1.165, 1.54) is 12.8 Å². The standard InChI is InChI=1S/C16H26O4/c1-9-5-6-13-10(2)11(3)17-14-16(13)12(9)7-8-15(4,18-14)19-20-16/h9-14H,5-8H2,1-4H3/t9?,10-,11?,12?,13?,14?,15-,16?/m0/s1. The fourth-order valence-corrected chi connectivity index (χ4v) is 5.08. The number of fused-ring (bicyclic) bond motifs is 2. The van der Waals surface area contributed by atoms with Crippen LogP contribution in [0.15, 0.2) is 0 Å². The summed E-state index contributed by atoms with van der Waals surface area (Å²) < 4.78 is 12.5. The van der Waals surface area contributed by atoms with E-state index in [4.69, 9.17) is 19.2 Å². The predicted octanol–water partition coefficient (Wildman–Crippen LogP) is 3.26. The van der Waals surface area contributed by atoms with Gasteiger partial charge < -0.3 is 9.47 Å². The minimum atomic E-state index is -0.641. The molecule has 0 radical (unpaired) electrons. The smallest absolute Gasteiger partial charge is 0.201 e. The lowest BCUT2D eigenvalue weighted by atomic mass is 9.57.